The Labute approximate surface area is 123 Å². The Kier molecular flexibility index (Phi) is 5.67. The summed E-state index contributed by atoms with van der Waals surface area (Å²) in [6.45, 7) is 5.01. The lowest BCUT2D eigenvalue weighted by molar-refractivity contribution is 0.0440. The number of ether oxygens (including phenoxy) is 1. The van der Waals surface area contributed by atoms with Crippen molar-refractivity contribution in [3.05, 3.63) is 28.2 Å². The van der Waals surface area contributed by atoms with Gasteiger partial charge in [0.15, 0.2) is 0 Å². The Balaban J connectivity index is 2.10. The molecule has 1 heterocycles. The minimum Gasteiger partial charge on any atom is -0.392 e. The van der Waals surface area contributed by atoms with E-state index in [0.717, 1.165) is 54.7 Å². The first-order valence-electron chi connectivity index (χ1n) is 7.00. The summed E-state index contributed by atoms with van der Waals surface area (Å²) in [6, 6.07) is 6.05. The molecular weight excluding hydrogens is 306 g/mol. The van der Waals surface area contributed by atoms with Gasteiger partial charge in [-0.25, -0.2) is 0 Å². The van der Waals surface area contributed by atoms with Crippen LogP contribution in [0.15, 0.2) is 22.7 Å². The van der Waals surface area contributed by atoms with Gasteiger partial charge < -0.3 is 14.7 Å². The smallest absolute Gasteiger partial charge is 0.0750 e. The topological polar surface area (TPSA) is 32.7 Å². The van der Waals surface area contributed by atoms with Crippen LogP contribution in [0.1, 0.15) is 31.7 Å². The lowest BCUT2D eigenvalue weighted by Crippen LogP contribution is -2.40. The minimum atomic E-state index is 0.0829. The van der Waals surface area contributed by atoms with E-state index in [9.17, 15) is 5.11 Å². The van der Waals surface area contributed by atoms with Crippen molar-refractivity contribution >= 4 is 21.6 Å². The van der Waals surface area contributed by atoms with E-state index in [1.807, 2.05) is 12.1 Å². The summed E-state index contributed by atoms with van der Waals surface area (Å²) in [5, 5.41) is 9.47. The molecule has 0 radical (unpaired) electrons. The van der Waals surface area contributed by atoms with Gasteiger partial charge in [0.1, 0.15) is 0 Å². The minimum absolute atomic E-state index is 0.0829. The predicted molar refractivity (Wildman–Crippen MR) is 81.5 cm³/mol. The van der Waals surface area contributed by atoms with Crippen LogP contribution in [-0.4, -0.2) is 30.9 Å². The lowest BCUT2D eigenvalue weighted by atomic mass is 10.1. The van der Waals surface area contributed by atoms with Crippen molar-refractivity contribution in [2.45, 2.75) is 38.9 Å². The number of nitrogens with zero attached hydrogens (tertiary/aromatic N) is 1. The number of hydrogen-bond acceptors (Lipinski definition) is 3. The summed E-state index contributed by atoms with van der Waals surface area (Å²) in [7, 11) is 0. The monoisotopic (exact) mass is 327 g/mol. The van der Waals surface area contributed by atoms with E-state index in [-0.39, 0.29) is 6.61 Å². The molecule has 1 aliphatic rings. The molecular formula is C15H22BrNO2. The fourth-order valence-corrected chi connectivity index (χ4v) is 2.89. The third-order valence-corrected chi connectivity index (χ3v) is 3.99. The molecule has 0 amide bonds. The van der Waals surface area contributed by atoms with Crippen LogP contribution in [0.25, 0.3) is 0 Å². The molecule has 1 aromatic carbocycles. The first-order valence-corrected chi connectivity index (χ1v) is 7.79. The van der Waals surface area contributed by atoms with Crippen LogP contribution in [0.3, 0.4) is 0 Å². The lowest BCUT2D eigenvalue weighted by Gasteiger charge is -2.35. The molecule has 0 saturated carbocycles. The van der Waals surface area contributed by atoms with E-state index in [0.29, 0.717) is 6.10 Å². The standard InChI is InChI=1S/C15H22BrNO2/c1-2-8-19-14-4-3-7-17(10-14)15-9-13(16)6-5-12(15)11-18/h5-6,9,14,18H,2-4,7-8,10-11H2,1H3. The fraction of sp³-hybridized carbons (Fsp3) is 0.600. The third kappa shape index (κ3) is 3.94. The Morgan fingerprint density at radius 2 is 2.32 bits per heavy atom. The summed E-state index contributed by atoms with van der Waals surface area (Å²) in [5.74, 6) is 0. The largest absolute Gasteiger partial charge is 0.392 e. The summed E-state index contributed by atoms with van der Waals surface area (Å²) >= 11 is 3.51. The highest BCUT2D eigenvalue weighted by atomic mass is 79.9. The van der Waals surface area contributed by atoms with E-state index < -0.39 is 0 Å². The van der Waals surface area contributed by atoms with E-state index in [2.05, 4.69) is 33.8 Å². The quantitative estimate of drug-likeness (QED) is 0.900. The summed E-state index contributed by atoms with van der Waals surface area (Å²) < 4.78 is 6.92. The second-order valence-corrected chi connectivity index (χ2v) is 5.93. The maximum atomic E-state index is 9.47. The van der Waals surface area contributed by atoms with E-state index >= 15 is 0 Å². The molecule has 2 rings (SSSR count). The number of benzene rings is 1. The first-order chi connectivity index (χ1) is 9.24. The maximum absolute atomic E-state index is 9.47. The molecule has 106 valence electrons. The number of piperidine rings is 1. The second-order valence-electron chi connectivity index (χ2n) is 5.01. The highest BCUT2D eigenvalue weighted by molar-refractivity contribution is 9.10. The highest BCUT2D eigenvalue weighted by Gasteiger charge is 2.22. The number of hydrogen-bond donors (Lipinski definition) is 1. The van der Waals surface area contributed by atoms with E-state index in [1.54, 1.807) is 0 Å². The molecule has 4 heteroatoms. The zero-order valence-electron chi connectivity index (χ0n) is 11.4. The molecule has 19 heavy (non-hydrogen) atoms. The predicted octanol–water partition coefficient (Wildman–Crippen LogP) is 3.34. The summed E-state index contributed by atoms with van der Waals surface area (Å²) in [6.07, 6.45) is 3.67. The maximum Gasteiger partial charge on any atom is 0.0750 e. The molecule has 1 aromatic rings. The molecule has 0 aliphatic carbocycles. The van der Waals surface area contributed by atoms with Crippen molar-refractivity contribution in [1.29, 1.82) is 0 Å². The van der Waals surface area contributed by atoms with Gasteiger partial charge in [-0.05, 0) is 31.4 Å². The normalized spacial score (nSPS) is 19.7. The van der Waals surface area contributed by atoms with Gasteiger partial charge in [0.25, 0.3) is 0 Å². The second kappa shape index (κ2) is 7.27. The van der Waals surface area contributed by atoms with Gasteiger partial charge in [-0.3, -0.25) is 0 Å². The van der Waals surface area contributed by atoms with Gasteiger partial charge in [-0.15, -0.1) is 0 Å². The summed E-state index contributed by atoms with van der Waals surface area (Å²) in [5.41, 5.74) is 2.11. The van der Waals surface area contributed by atoms with Crippen LogP contribution in [-0.2, 0) is 11.3 Å². The molecule has 1 aliphatic heterocycles. The van der Waals surface area contributed by atoms with Crippen LogP contribution in [0.2, 0.25) is 0 Å². The van der Waals surface area contributed by atoms with Crippen LogP contribution in [0.5, 0.6) is 0 Å². The van der Waals surface area contributed by atoms with Crippen molar-refractivity contribution in [3.8, 4) is 0 Å². The van der Waals surface area contributed by atoms with Crippen LogP contribution < -0.4 is 4.90 Å². The molecule has 0 aromatic heterocycles. The van der Waals surface area contributed by atoms with Crippen LogP contribution >= 0.6 is 15.9 Å². The van der Waals surface area contributed by atoms with Crippen molar-refractivity contribution < 1.29 is 9.84 Å². The van der Waals surface area contributed by atoms with Crippen molar-refractivity contribution in [3.63, 3.8) is 0 Å². The SMILES string of the molecule is CCCOC1CCCN(c2cc(Br)ccc2CO)C1. The van der Waals surface area contributed by atoms with Gasteiger partial charge in [0.2, 0.25) is 0 Å². The molecule has 3 nitrogen and oxygen atoms in total. The van der Waals surface area contributed by atoms with Crippen LogP contribution in [0, 0.1) is 0 Å². The average Bonchev–Trinajstić information content (AvgIpc) is 2.45. The number of halogens is 1. The van der Waals surface area contributed by atoms with Gasteiger partial charge in [-0.1, -0.05) is 28.9 Å². The Morgan fingerprint density at radius 1 is 1.47 bits per heavy atom. The van der Waals surface area contributed by atoms with Gasteiger partial charge in [-0.2, -0.15) is 0 Å². The zero-order valence-corrected chi connectivity index (χ0v) is 13.0. The van der Waals surface area contributed by atoms with Crippen LogP contribution in [0.4, 0.5) is 5.69 Å². The number of rotatable bonds is 5. The Bertz CT molecular complexity index is 411. The Morgan fingerprint density at radius 3 is 3.05 bits per heavy atom. The number of anilines is 1. The van der Waals surface area contributed by atoms with Crippen molar-refractivity contribution in [1.82, 2.24) is 0 Å². The van der Waals surface area contributed by atoms with Gasteiger partial charge >= 0.3 is 0 Å². The number of aliphatic hydroxyl groups is 1. The molecule has 1 unspecified atom stereocenters. The number of aliphatic hydroxyl groups excluding tert-OH is 1. The molecule has 1 saturated heterocycles. The molecule has 0 bridgehead atoms. The van der Waals surface area contributed by atoms with E-state index in [4.69, 9.17) is 4.74 Å². The molecule has 0 spiro atoms. The average molecular weight is 328 g/mol. The van der Waals surface area contributed by atoms with Crippen molar-refractivity contribution in [2.24, 2.45) is 0 Å². The fourth-order valence-electron chi connectivity index (χ4n) is 2.54. The zero-order chi connectivity index (χ0) is 13.7. The molecule has 1 fully saturated rings. The van der Waals surface area contributed by atoms with Gasteiger partial charge in [0, 0.05) is 35.4 Å². The molecule has 1 N–H and O–H groups in total. The van der Waals surface area contributed by atoms with Gasteiger partial charge in [0.05, 0.1) is 12.7 Å². The third-order valence-electron chi connectivity index (χ3n) is 3.49. The first kappa shape index (κ1) is 14.8. The van der Waals surface area contributed by atoms with Crippen molar-refractivity contribution in [2.75, 3.05) is 24.6 Å². The highest BCUT2D eigenvalue weighted by Crippen LogP contribution is 2.28. The Hall–Kier alpha value is -0.580. The molecule has 1 atom stereocenters. The summed E-state index contributed by atoms with van der Waals surface area (Å²) in [4.78, 5) is 2.33. The van der Waals surface area contributed by atoms with E-state index in [1.165, 1.54) is 0 Å².